The van der Waals surface area contributed by atoms with Crippen molar-refractivity contribution in [2.24, 2.45) is 0 Å². The van der Waals surface area contributed by atoms with Crippen LogP contribution in [0.3, 0.4) is 0 Å². The molecule has 0 bridgehead atoms. The lowest BCUT2D eigenvalue weighted by Crippen LogP contribution is -2.33. The third-order valence-electron chi connectivity index (χ3n) is 3.56. The molecule has 8 heteroatoms. The van der Waals surface area contributed by atoms with E-state index in [-0.39, 0.29) is 24.6 Å². The SMILES string of the molecule is COCCN(Cc1c(Cl)cccc1Cl)S(=O)(=O)c1ccc(C#N)cc1. The van der Waals surface area contributed by atoms with Gasteiger partial charge in [-0.05, 0) is 36.4 Å². The minimum absolute atomic E-state index is 0.0181. The molecule has 0 saturated heterocycles. The van der Waals surface area contributed by atoms with Crippen LogP contribution in [0.2, 0.25) is 10.0 Å². The van der Waals surface area contributed by atoms with Gasteiger partial charge in [0.1, 0.15) is 0 Å². The Morgan fingerprint density at radius 1 is 1.12 bits per heavy atom. The maximum atomic E-state index is 13.0. The van der Waals surface area contributed by atoms with E-state index in [2.05, 4.69) is 0 Å². The quantitative estimate of drug-likeness (QED) is 0.712. The largest absolute Gasteiger partial charge is 0.383 e. The molecule has 0 aliphatic rings. The van der Waals surface area contributed by atoms with E-state index in [1.54, 1.807) is 18.2 Å². The third-order valence-corrected chi connectivity index (χ3v) is 6.13. The molecule has 0 unspecified atom stereocenters. The van der Waals surface area contributed by atoms with Crippen molar-refractivity contribution in [3.05, 3.63) is 63.6 Å². The van der Waals surface area contributed by atoms with Crippen LogP contribution in [0.25, 0.3) is 0 Å². The van der Waals surface area contributed by atoms with Crippen molar-refractivity contribution in [3.8, 4) is 6.07 Å². The molecule has 0 fully saturated rings. The van der Waals surface area contributed by atoms with Crippen LogP contribution >= 0.6 is 23.2 Å². The highest BCUT2D eigenvalue weighted by atomic mass is 35.5. The first-order chi connectivity index (χ1) is 11.9. The second-order valence-corrected chi connectivity index (χ2v) is 7.92. The molecule has 0 radical (unpaired) electrons. The Morgan fingerprint density at radius 3 is 2.24 bits per heavy atom. The molecule has 0 spiro atoms. The van der Waals surface area contributed by atoms with Crippen LogP contribution in [0, 0.1) is 11.3 Å². The average molecular weight is 399 g/mol. The summed E-state index contributed by atoms with van der Waals surface area (Å²) >= 11 is 12.3. The highest BCUT2D eigenvalue weighted by Crippen LogP contribution is 2.28. The molecule has 132 valence electrons. The van der Waals surface area contributed by atoms with E-state index in [0.29, 0.717) is 21.2 Å². The monoisotopic (exact) mass is 398 g/mol. The molecule has 0 saturated carbocycles. The van der Waals surface area contributed by atoms with Crippen molar-refractivity contribution in [3.63, 3.8) is 0 Å². The summed E-state index contributed by atoms with van der Waals surface area (Å²) in [5.74, 6) is 0. The van der Waals surface area contributed by atoms with Gasteiger partial charge in [-0.25, -0.2) is 8.42 Å². The fraction of sp³-hybridized carbons (Fsp3) is 0.235. The number of nitriles is 1. The summed E-state index contributed by atoms with van der Waals surface area (Å²) in [7, 11) is -2.31. The molecule has 0 heterocycles. The maximum Gasteiger partial charge on any atom is 0.243 e. The fourth-order valence-corrected chi connectivity index (χ4v) is 4.10. The second-order valence-electron chi connectivity index (χ2n) is 5.17. The predicted molar refractivity (Wildman–Crippen MR) is 97.1 cm³/mol. The zero-order valence-electron chi connectivity index (χ0n) is 13.4. The number of ether oxygens (including phenoxy) is 1. The number of rotatable bonds is 7. The van der Waals surface area contributed by atoms with Crippen LogP contribution in [-0.2, 0) is 21.3 Å². The Kier molecular flexibility index (Phi) is 6.82. The molecule has 2 rings (SSSR count). The standard InChI is InChI=1S/C17H16Cl2N2O3S/c1-24-10-9-21(12-15-16(18)3-2-4-17(15)19)25(22,23)14-7-5-13(11-20)6-8-14/h2-8H,9-10,12H2,1H3. The highest BCUT2D eigenvalue weighted by Gasteiger charge is 2.26. The van der Waals surface area contributed by atoms with Crippen molar-refractivity contribution in [2.75, 3.05) is 20.3 Å². The summed E-state index contributed by atoms with van der Waals surface area (Å²) in [4.78, 5) is 0.0887. The van der Waals surface area contributed by atoms with Crippen LogP contribution in [0.5, 0.6) is 0 Å². The third kappa shape index (κ3) is 4.72. The maximum absolute atomic E-state index is 13.0. The molecular formula is C17H16Cl2N2O3S. The van der Waals surface area contributed by atoms with Gasteiger partial charge in [-0.1, -0.05) is 29.3 Å². The van der Waals surface area contributed by atoms with Gasteiger partial charge in [-0.2, -0.15) is 9.57 Å². The zero-order chi connectivity index (χ0) is 18.4. The molecule has 0 N–H and O–H groups in total. The van der Waals surface area contributed by atoms with Crippen LogP contribution in [-0.4, -0.2) is 33.0 Å². The van der Waals surface area contributed by atoms with Crippen molar-refractivity contribution in [1.29, 1.82) is 5.26 Å². The van der Waals surface area contributed by atoms with Crippen molar-refractivity contribution in [2.45, 2.75) is 11.4 Å². The van der Waals surface area contributed by atoms with E-state index in [1.807, 2.05) is 6.07 Å². The number of halogens is 2. The summed E-state index contributed by atoms with van der Waals surface area (Å²) < 4.78 is 32.2. The number of methoxy groups -OCH3 is 1. The number of nitrogens with zero attached hydrogens (tertiary/aromatic N) is 2. The van der Waals surface area contributed by atoms with Gasteiger partial charge in [0, 0.05) is 35.8 Å². The first kappa shape index (κ1) is 19.7. The number of benzene rings is 2. The van der Waals surface area contributed by atoms with E-state index in [4.69, 9.17) is 33.2 Å². The Bertz CT molecular complexity index is 858. The van der Waals surface area contributed by atoms with Gasteiger partial charge in [0.2, 0.25) is 10.0 Å². The molecular weight excluding hydrogens is 383 g/mol. The van der Waals surface area contributed by atoms with Crippen molar-refractivity contribution in [1.82, 2.24) is 4.31 Å². The minimum Gasteiger partial charge on any atom is -0.383 e. The first-order valence-electron chi connectivity index (χ1n) is 7.32. The Labute approximate surface area is 157 Å². The molecule has 25 heavy (non-hydrogen) atoms. The first-order valence-corrected chi connectivity index (χ1v) is 9.52. The van der Waals surface area contributed by atoms with Crippen LogP contribution in [0.1, 0.15) is 11.1 Å². The van der Waals surface area contributed by atoms with Crippen LogP contribution in [0.4, 0.5) is 0 Å². The molecule has 0 atom stereocenters. The van der Waals surface area contributed by atoms with Crippen LogP contribution in [0.15, 0.2) is 47.4 Å². The van der Waals surface area contributed by atoms with Gasteiger partial charge >= 0.3 is 0 Å². The Morgan fingerprint density at radius 2 is 1.72 bits per heavy atom. The summed E-state index contributed by atoms with van der Waals surface area (Å²) in [6.07, 6.45) is 0. The van der Waals surface area contributed by atoms with Crippen molar-refractivity contribution < 1.29 is 13.2 Å². The lowest BCUT2D eigenvalue weighted by molar-refractivity contribution is 0.177. The summed E-state index contributed by atoms with van der Waals surface area (Å²) in [6.45, 7) is 0.377. The lowest BCUT2D eigenvalue weighted by atomic mass is 10.2. The van der Waals surface area contributed by atoms with E-state index in [0.717, 1.165) is 0 Å². The minimum atomic E-state index is -3.80. The molecule has 5 nitrogen and oxygen atoms in total. The molecule has 2 aromatic carbocycles. The van der Waals surface area contributed by atoms with E-state index in [1.165, 1.54) is 35.7 Å². The van der Waals surface area contributed by atoms with Gasteiger partial charge in [-0.15, -0.1) is 0 Å². The van der Waals surface area contributed by atoms with Crippen molar-refractivity contribution >= 4 is 33.2 Å². The molecule has 0 aromatic heterocycles. The molecule has 2 aromatic rings. The van der Waals surface area contributed by atoms with E-state index < -0.39 is 10.0 Å². The van der Waals surface area contributed by atoms with Gasteiger partial charge < -0.3 is 4.74 Å². The highest BCUT2D eigenvalue weighted by molar-refractivity contribution is 7.89. The summed E-state index contributed by atoms with van der Waals surface area (Å²) in [5.41, 5.74) is 0.913. The summed E-state index contributed by atoms with van der Waals surface area (Å²) in [6, 6.07) is 12.7. The zero-order valence-corrected chi connectivity index (χ0v) is 15.8. The topological polar surface area (TPSA) is 70.4 Å². The molecule has 0 aliphatic carbocycles. The molecule has 0 amide bonds. The van der Waals surface area contributed by atoms with Gasteiger partial charge in [-0.3, -0.25) is 0 Å². The lowest BCUT2D eigenvalue weighted by Gasteiger charge is -2.23. The van der Waals surface area contributed by atoms with Gasteiger partial charge in [0.05, 0.1) is 23.1 Å². The van der Waals surface area contributed by atoms with Gasteiger partial charge in [0.25, 0.3) is 0 Å². The normalized spacial score (nSPS) is 11.5. The fourth-order valence-electron chi connectivity index (χ4n) is 2.19. The number of hydrogen-bond donors (Lipinski definition) is 0. The van der Waals surface area contributed by atoms with E-state index in [9.17, 15) is 8.42 Å². The van der Waals surface area contributed by atoms with E-state index >= 15 is 0 Å². The Balaban J connectivity index is 2.39. The van der Waals surface area contributed by atoms with Gasteiger partial charge in [0.15, 0.2) is 0 Å². The Hall–Kier alpha value is -1.62. The second kappa shape index (κ2) is 8.65. The van der Waals surface area contributed by atoms with Crippen LogP contribution < -0.4 is 0 Å². The number of sulfonamides is 1. The average Bonchev–Trinajstić information content (AvgIpc) is 2.60. The smallest absolute Gasteiger partial charge is 0.243 e. The number of hydrogen-bond acceptors (Lipinski definition) is 4. The predicted octanol–water partition coefficient (Wildman–Crippen LogP) is 3.70. The molecule has 0 aliphatic heterocycles. The summed E-state index contributed by atoms with van der Waals surface area (Å²) in [5, 5.41) is 9.64.